The summed E-state index contributed by atoms with van der Waals surface area (Å²) in [5.41, 5.74) is 0. The van der Waals surface area contributed by atoms with E-state index in [0.29, 0.717) is 12.8 Å². The molecule has 3 atom stereocenters. The number of carbonyl (C=O) groups is 2. The van der Waals surface area contributed by atoms with Crippen LogP contribution in [-0.2, 0) is 32.7 Å². The van der Waals surface area contributed by atoms with Gasteiger partial charge in [0.15, 0.2) is 0 Å². The lowest BCUT2D eigenvalue weighted by Crippen LogP contribution is -2.28. The van der Waals surface area contributed by atoms with Crippen LogP contribution in [0.2, 0.25) is 0 Å². The molecular weight excluding hydrogens is 695 g/mol. The number of phosphoric ester groups is 1. The number of esters is 2. The third-order valence-corrected chi connectivity index (χ3v) is 9.52. The van der Waals surface area contributed by atoms with Gasteiger partial charge in [0.05, 0.1) is 26.4 Å². The number of hydrogen-bond donors (Lipinski definition) is 3. The van der Waals surface area contributed by atoms with E-state index in [1.165, 1.54) is 83.5 Å². The molecule has 0 amide bonds. The molecule has 0 saturated carbocycles. The number of aliphatic hydroxyl groups excluding tert-OH is 2. The zero-order valence-electron chi connectivity index (χ0n) is 33.2. The third kappa shape index (κ3) is 36.7. The molecule has 0 aliphatic rings. The second-order valence-electron chi connectivity index (χ2n) is 13.6. The van der Waals surface area contributed by atoms with Crippen molar-refractivity contribution in [2.24, 2.45) is 0 Å². The highest BCUT2D eigenvalue weighted by Gasteiger charge is 2.27. The average Bonchev–Trinajstić information content (AvgIpc) is 3.14. The maximum Gasteiger partial charge on any atom is 0.472 e. The number of unbranched alkanes of at least 4 members (excludes halogenated alkanes) is 16. The molecule has 3 N–H and O–H groups in total. The van der Waals surface area contributed by atoms with E-state index < -0.39 is 58.4 Å². The van der Waals surface area contributed by atoms with E-state index in [9.17, 15) is 29.3 Å². The van der Waals surface area contributed by atoms with Gasteiger partial charge in [-0.05, 0) is 38.5 Å². The van der Waals surface area contributed by atoms with Crippen molar-refractivity contribution in [3.63, 3.8) is 0 Å². The van der Waals surface area contributed by atoms with Crippen molar-refractivity contribution in [2.45, 2.75) is 180 Å². The number of rotatable bonds is 38. The van der Waals surface area contributed by atoms with E-state index in [1.807, 2.05) is 18.2 Å². The van der Waals surface area contributed by atoms with Crippen LogP contribution in [0.4, 0.5) is 0 Å². The van der Waals surface area contributed by atoms with Crippen molar-refractivity contribution < 1.29 is 47.8 Å². The van der Waals surface area contributed by atoms with Crippen LogP contribution in [0, 0.1) is 0 Å². The molecule has 11 heteroatoms. The molecule has 308 valence electrons. The maximum atomic E-state index is 12.3. The molecule has 0 rings (SSSR count). The van der Waals surface area contributed by atoms with E-state index in [4.69, 9.17) is 18.5 Å². The number of allylic oxidation sites excluding steroid dienone is 8. The molecule has 0 fully saturated rings. The molecule has 10 nitrogen and oxygen atoms in total. The predicted molar refractivity (Wildman–Crippen MR) is 214 cm³/mol. The lowest BCUT2D eigenvalue weighted by atomic mass is 10.0. The second kappa shape index (κ2) is 38.2. The third-order valence-electron chi connectivity index (χ3n) is 8.57. The molecule has 0 aliphatic heterocycles. The summed E-state index contributed by atoms with van der Waals surface area (Å²) in [6, 6.07) is 0. The maximum absolute atomic E-state index is 12.3. The summed E-state index contributed by atoms with van der Waals surface area (Å²) in [4.78, 5) is 34.4. The van der Waals surface area contributed by atoms with E-state index >= 15 is 0 Å². The first kappa shape index (κ1) is 50.9. The van der Waals surface area contributed by atoms with Gasteiger partial charge in [0.25, 0.3) is 0 Å². The predicted octanol–water partition coefficient (Wildman–Crippen LogP) is 10.6. The SMILES string of the molecule is CC/C=C\C/C=C\C/C=C\C/C=C\CCC(=O)OC(CO)COP(=O)(O)OCC(CO)OC(=O)CCCCCCCCCCCCCCCCCCC. The molecule has 0 saturated heterocycles. The average molecular weight is 771 g/mol. The molecule has 3 unspecified atom stereocenters. The van der Waals surface area contributed by atoms with Gasteiger partial charge in [-0.15, -0.1) is 0 Å². The van der Waals surface area contributed by atoms with E-state index in [-0.39, 0.29) is 12.8 Å². The molecule has 0 aliphatic carbocycles. The Hall–Kier alpha value is -2.07. The zero-order chi connectivity index (χ0) is 39.1. The molecule has 0 bridgehead atoms. The molecule has 0 aromatic carbocycles. The first-order valence-corrected chi connectivity index (χ1v) is 22.1. The smallest absolute Gasteiger partial charge is 0.457 e. The fourth-order valence-corrected chi connectivity index (χ4v) is 6.21. The van der Waals surface area contributed by atoms with Crippen molar-refractivity contribution in [3.8, 4) is 0 Å². The lowest BCUT2D eigenvalue weighted by Gasteiger charge is -2.20. The minimum Gasteiger partial charge on any atom is -0.457 e. The Morgan fingerprint density at radius 2 is 0.887 bits per heavy atom. The van der Waals surface area contributed by atoms with Gasteiger partial charge < -0.3 is 24.6 Å². The molecule has 0 heterocycles. The molecule has 0 aromatic rings. The molecule has 53 heavy (non-hydrogen) atoms. The highest BCUT2D eigenvalue weighted by molar-refractivity contribution is 7.47. The number of aliphatic hydroxyl groups is 2. The fraction of sp³-hybridized carbons (Fsp3) is 0.762. The summed E-state index contributed by atoms with van der Waals surface area (Å²) in [5.74, 6) is -1.10. The Morgan fingerprint density at radius 3 is 1.28 bits per heavy atom. The highest BCUT2D eigenvalue weighted by Crippen LogP contribution is 2.43. The van der Waals surface area contributed by atoms with Gasteiger partial charge in [-0.1, -0.05) is 165 Å². The monoisotopic (exact) mass is 771 g/mol. The number of carbonyl (C=O) groups excluding carboxylic acids is 2. The van der Waals surface area contributed by atoms with Crippen molar-refractivity contribution in [1.82, 2.24) is 0 Å². The van der Waals surface area contributed by atoms with E-state index in [1.54, 1.807) is 0 Å². The Balaban J connectivity index is 3.99. The number of hydrogen-bond acceptors (Lipinski definition) is 9. The summed E-state index contributed by atoms with van der Waals surface area (Å²) < 4.78 is 32.4. The van der Waals surface area contributed by atoms with Gasteiger partial charge in [0, 0.05) is 12.8 Å². The Morgan fingerprint density at radius 1 is 0.528 bits per heavy atom. The summed E-state index contributed by atoms with van der Waals surface area (Å²) in [6.45, 7) is 2.01. The summed E-state index contributed by atoms with van der Waals surface area (Å²) in [5, 5.41) is 19.1. The number of ether oxygens (including phenoxy) is 2. The van der Waals surface area contributed by atoms with Gasteiger partial charge >= 0.3 is 19.8 Å². The van der Waals surface area contributed by atoms with E-state index in [2.05, 4.69) is 44.2 Å². The Bertz CT molecular complexity index is 1030. The first-order chi connectivity index (χ1) is 25.8. The standard InChI is InChI=1S/C42H75O10P/c1-3-5-7-9-11-13-15-17-18-19-20-22-24-26-28-30-32-34-42(46)52-40(36-44)38-50-53(47,48)49-37-39(35-43)51-41(45)33-31-29-27-25-23-21-16-14-12-10-8-6-4-2/h6,8,12,14,21,23,27,29,39-40,43-44H,3-5,7,9-11,13,15-20,22,24-26,28,30-38H2,1-2H3,(H,47,48)/b8-6-,14-12-,23-21-,29-27-. The van der Waals surface area contributed by atoms with Crippen molar-refractivity contribution >= 4 is 19.8 Å². The minimum absolute atomic E-state index is 0.0705. The highest BCUT2D eigenvalue weighted by atomic mass is 31.2. The number of phosphoric acid groups is 1. The van der Waals surface area contributed by atoms with E-state index in [0.717, 1.165) is 44.9 Å². The fourth-order valence-electron chi connectivity index (χ4n) is 5.42. The second-order valence-corrected chi connectivity index (χ2v) is 15.0. The van der Waals surface area contributed by atoms with Crippen LogP contribution in [0.1, 0.15) is 168 Å². The van der Waals surface area contributed by atoms with Gasteiger partial charge in [0.1, 0.15) is 12.2 Å². The van der Waals surface area contributed by atoms with Crippen LogP contribution in [0.3, 0.4) is 0 Å². The topological polar surface area (TPSA) is 149 Å². The summed E-state index contributed by atoms with van der Waals surface area (Å²) in [7, 11) is -4.65. The quantitative estimate of drug-likeness (QED) is 0.0240. The van der Waals surface area contributed by atoms with Crippen LogP contribution in [0.15, 0.2) is 48.6 Å². The molecule has 0 radical (unpaired) electrons. The van der Waals surface area contributed by atoms with Crippen molar-refractivity contribution in [3.05, 3.63) is 48.6 Å². The molecule has 0 aromatic heterocycles. The van der Waals surface area contributed by atoms with Crippen molar-refractivity contribution in [2.75, 3.05) is 26.4 Å². The van der Waals surface area contributed by atoms with Crippen LogP contribution in [0.5, 0.6) is 0 Å². The van der Waals surface area contributed by atoms with Crippen LogP contribution in [-0.4, -0.2) is 65.7 Å². The Kier molecular flexibility index (Phi) is 36.7. The van der Waals surface area contributed by atoms with Crippen LogP contribution in [0.25, 0.3) is 0 Å². The Labute approximate surface area is 322 Å². The lowest BCUT2D eigenvalue weighted by molar-refractivity contribution is -0.153. The van der Waals surface area contributed by atoms with Gasteiger partial charge in [-0.2, -0.15) is 0 Å². The van der Waals surface area contributed by atoms with Crippen LogP contribution >= 0.6 is 7.82 Å². The first-order valence-electron chi connectivity index (χ1n) is 20.6. The van der Waals surface area contributed by atoms with Crippen molar-refractivity contribution in [1.29, 1.82) is 0 Å². The summed E-state index contributed by atoms with van der Waals surface area (Å²) >= 11 is 0. The van der Waals surface area contributed by atoms with Gasteiger partial charge in [0.2, 0.25) is 0 Å². The van der Waals surface area contributed by atoms with Gasteiger partial charge in [-0.3, -0.25) is 18.6 Å². The summed E-state index contributed by atoms with van der Waals surface area (Å²) in [6.07, 6.45) is 39.6. The molecular formula is C42H75O10P. The molecule has 0 spiro atoms. The van der Waals surface area contributed by atoms with Crippen LogP contribution < -0.4 is 0 Å². The minimum atomic E-state index is -4.65. The largest absolute Gasteiger partial charge is 0.472 e. The van der Waals surface area contributed by atoms with Gasteiger partial charge in [-0.25, -0.2) is 4.57 Å². The normalized spacial score (nSPS) is 14.4. The zero-order valence-corrected chi connectivity index (χ0v) is 34.1.